The normalized spacial score (nSPS) is 17.8. The molecule has 3 aromatic heterocycles. The van der Waals surface area contributed by atoms with Gasteiger partial charge in [0.15, 0.2) is 0 Å². The summed E-state index contributed by atoms with van der Waals surface area (Å²) in [4.78, 5) is 20.5. The van der Waals surface area contributed by atoms with Crippen molar-refractivity contribution in [1.82, 2.24) is 24.5 Å². The number of methoxy groups -OCH3 is 1. The van der Waals surface area contributed by atoms with Gasteiger partial charge in [-0.25, -0.2) is 15.0 Å². The first-order chi connectivity index (χ1) is 13.1. The molecule has 0 spiro atoms. The van der Waals surface area contributed by atoms with Crippen LogP contribution in [0.4, 0.5) is 5.95 Å². The molecule has 27 heavy (non-hydrogen) atoms. The van der Waals surface area contributed by atoms with Gasteiger partial charge in [-0.15, -0.1) is 0 Å². The minimum absolute atomic E-state index is 0.256. The average Bonchev–Trinajstić information content (AvgIpc) is 3.12. The van der Waals surface area contributed by atoms with Crippen LogP contribution in [0.3, 0.4) is 0 Å². The second kappa shape index (κ2) is 7.60. The number of fused-ring (bicyclic) bond motifs is 1. The van der Waals surface area contributed by atoms with E-state index in [-0.39, 0.29) is 6.10 Å². The molecule has 4 rings (SSSR count). The van der Waals surface area contributed by atoms with Crippen LogP contribution in [0.25, 0.3) is 11.0 Å². The van der Waals surface area contributed by atoms with E-state index in [1.54, 1.807) is 7.11 Å². The van der Waals surface area contributed by atoms with Crippen molar-refractivity contribution in [3.05, 3.63) is 42.2 Å². The maximum Gasteiger partial charge on any atom is 0.225 e. The van der Waals surface area contributed by atoms with Crippen LogP contribution in [-0.4, -0.2) is 50.8 Å². The molecule has 0 N–H and O–H groups in total. The van der Waals surface area contributed by atoms with Crippen LogP contribution in [0, 0.1) is 0 Å². The highest BCUT2D eigenvalue weighted by molar-refractivity contribution is 5.74. The van der Waals surface area contributed by atoms with Crippen LogP contribution in [0.5, 0.6) is 0 Å². The van der Waals surface area contributed by atoms with Crippen molar-refractivity contribution in [3.8, 4) is 0 Å². The number of nitrogens with zero attached hydrogens (tertiary/aromatic N) is 6. The van der Waals surface area contributed by atoms with Gasteiger partial charge in [0.25, 0.3) is 0 Å². The van der Waals surface area contributed by atoms with Gasteiger partial charge < -0.3 is 14.2 Å². The zero-order chi connectivity index (χ0) is 18.8. The molecule has 7 heteroatoms. The summed E-state index contributed by atoms with van der Waals surface area (Å²) >= 11 is 0. The van der Waals surface area contributed by atoms with Crippen molar-refractivity contribution in [1.29, 1.82) is 0 Å². The highest BCUT2D eigenvalue weighted by atomic mass is 16.5. The topological polar surface area (TPSA) is 69.0 Å². The van der Waals surface area contributed by atoms with Gasteiger partial charge in [-0.2, -0.15) is 0 Å². The summed E-state index contributed by atoms with van der Waals surface area (Å²) in [6, 6.07) is 4.45. The smallest absolute Gasteiger partial charge is 0.225 e. The molecule has 142 valence electrons. The molecule has 0 bridgehead atoms. The second-order valence-corrected chi connectivity index (χ2v) is 7.38. The van der Waals surface area contributed by atoms with E-state index < -0.39 is 0 Å². The SMILES string of the molecule is COC1CCCN(c2nccc(Cc3cc4c(cn3)ncn4C(C)C)n2)C1. The van der Waals surface area contributed by atoms with Crippen LogP contribution in [-0.2, 0) is 11.2 Å². The molecule has 1 aliphatic rings. The van der Waals surface area contributed by atoms with Gasteiger partial charge in [0.1, 0.15) is 5.52 Å². The Labute approximate surface area is 159 Å². The number of anilines is 1. The zero-order valence-corrected chi connectivity index (χ0v) is 16.2. The van der Waals surface area contributed by atoms with Crippen molar-refractivity contribution in [2.24, 2.45) is 0 Å². The van der Waals surface area contributed by atoms with E-state index in [1.165, 1.54) is 0 Å². The number of hydrogen-bond donors (Lipinski definition) is 0. The van der Waals surface area contributed by atoms with Crippen LogP contribution in [0.1, 0.15) is 44.1 Å². The van der Waals surface area contributed by atoms with E-state index in [2.05, 4.69) is 44.3 Å². The van der Waals surface area contributed by atoms with Gasteiger partial charge in [-0.3, -0.25) is 4.98 Å². The summed E-state index contributed by atoms with van der Waals surface area (Å²) in [5.41, 5.74) is 4.00. The quantitative estimate of drug-likeness (QED) is 0.691. The standard InChI is InChI=1S/C20H26N6O/c1-14(2)26-13-23-18-11-22-16(10-19(18)26)9-15-6-7-21-20(24-15)25-8-4-5-17(12-25)27-3/h6-7,10-11,13-14,17H,4-5,8-9,12H2,1-3H3. The lowest BCUT2D eigenvalue weighted by atomic mass is 10.1. The Morgan fingerprint density at radius 1 is 1.22 bits per heavy atom. The van der Waals surface area contributed by atoms with E-state index in [1.807, 2.05) is 24.8 Å². The molecule has 1 aliphatic heterocycles. The third-order valence-electron chi connectivity index (χ3n) is 5.13. The van der Waals surface area contributed by atoms with Crippen LogP contribution < -0.4 is 4.90 Å². The Kier molecular flexibility index (Phi) is 5.03. The number of imidazole rings is 1. The molecule has 1 unspecified atom stereocenters. The number of rotatable bonds is 5. The Morgan fingerprint density at radius 2 is 2.11 bits per heavy atom. The minimum Gasteiger partial charge on any atom is -0.380 e. The Morgan fingerprint density at radius 3 is 2.93 bits per heavy atom. The van der Waals surface area contributed by atoms with Gasteiger partial charge in [0.05, 0.1) is 29.8 Å². The summed E-state index contributed by atoms with van der Waals surface area (Å²) < 4.78 is 7.69. The van der Waals surface area contributed by atoms with Crippen molar-refractivity contribution < 1.29 is 4.74 Å². The average molecular weight is 366 g/mol. The molecular formula is C20H26N6O. The number of piperidine rings is 1. The minimum atomic E-state index is 0.256. The first kappa shape index (κ1) is 17.9. The first-order valence-corrected chi connectivity index (χ1v) is 9.55. The van der Waals surface area contributed by atoms with Gasteiger partial charge in [0.2, 0.25) is 5.95 Å². The van der Waals surface area contributed by atoms with Crippen molar-refractivity contribution in [2.45, 2.75) is 45.3 Å². The highest BCUT2D eigenvalue weighted by Crippen LogP contribution is 2.20. The monoisotopic (exact) mass is 366 g/mol. The lowest BCUT2D eigenvalue weighted by molar-refractivity contribution is 0.0889. The fourth-order valence-electron chi connectivity index (χ4n) is 3.61. The summed E-state index contributed by atoms with van der Waals surface area (Å²) in [6.07, 6.45) is 8.70. The lowest BCUT2D eigenvalue weighted by Crippen LogP contribution is -2.40. The molecule has 0 radical (unpaired) electrons. The van der Waals surface area contributed by atoms with Gasteiger partial charge in [-0.1, -0.05) is 0 Å². The summed E-state index contributed by atoms with van der Waals surface area (Å²) in [7, 11) is 1.77. The maximum atomic E-state index is 5.52. The van der Waals surface area contributed by atoms with Crippen molar-refractivity contribution in [2.75, 3.05) is 25.1 Å². The van der Waals surface area contributed by atoms with Gasteiger partial charge in [0, 0.05) is 44.6 Å². The van der Waals surface area contributed by atoms with Crippen molar-refractivity contribution in [3.63, 3.8) is 0 Å². The second-order valence-electron chi connectivity index (χ2n) is 7.38. The number of aromatic nitrogens is 5. The molecule has 0 aliphatic carbocycles. The molecular weight excluding hydrogens is 340 g/mol. The highest BCUT2D eigenvalue weighted by Gasteiger charge is 2.21. The Bertz CT molecular complexity index is 922. The third-order valence-corrected chi connectivity index (χ3v) is 5.13. The van der Waals surface area contributed by atoms with Gasteiger partial charge in [-0.05, 0) is 38.8 Å². The van der Waals surface area contributed by atoms with E-state index >= 15 is 0 Å². The molecule has 3 aromatic rings. The van der Waals surface area contributed by atoms with Crippen LogP contribution in [0.15, 0.2) is 30.9 Å². The number of ether oxygens (including phenoxy) is 1. The predicted molar refractivity (Wildman–Crippen MR) is 105 cm³/mol. The molecule has 7 nitrogen and oxygen atoms in total. The predicted octanol–water partition coefficient (Wildman–Crippen LogP) is 3.01. The lowest BCUT2D eigenvalue weighted by Gasteiger charge is -2.31. The van der Waals surface area contributed by atoms with Crippen LogP contribution >= 0.6 is 0 Å². The van der Waals surface area contributed by atoms with E-state index in [9.17, 15) is 0 Å². The molecule has 1 fully saturated rings. The first-order valence-electron chi connectivity index (χ1n) is 9.55. The molecule has 0 amide bonds. The molecule has 0 aromatic carbocycles. The van der Waals surface area contributed by atoms with E-state index in [0.29, 0.717) is 12.5 Å². The molecule has 1 atom stereocenters. The largest absolute Gasteiger partial charge is 0.380 e. The summed E-state index contributed by atoms with van der Waals surface area (Å²) in [6.45, 7) is 6.13. The third kappa shape index (κ3) is 3.78. The summed E-state index contributed by atoms with van der Waals surface area (Å²) in [5, 5.41) is 0. The zero-order valence-electron chi connectivity index (χ0n) is 16.2. The number of pyridine rings is 1. The fourth-order valence-corrected chi connectivity index (χ4v) is 3.61. The van der Waals surface area contributed by atoms with Crippen LogP contribution in [0.2, 0.25) is 0 Å². The van der Waals surface area contributed by atoms with Crippen molar-refractivity contribution >= 4 is 17.0 Å². The molecule has 4 heterocycles. The maximum absolute atomic E-state index is 5.52. The van der Waals surface area contributed by atoms with Gasteiger partial charge >= 0.3 is 0 Å². The number of hydrogen-bond acceptors (Lipinski definition) is 6. The van der Waals surface area contributed by atoms with E-state index in [0.717, 1.165) is 54.3 Å². The fraction of sp³-hybridized carbons (Fsp3) is 0.500. The molecule has 0 saturated carbocycles. The van der Waals surface area contributed by atoms with E-state index in [4.69, 9.17) is 9.72 Å². The Hall–Kier alpha value is -2.54. The Balaban J connectivity index is 1.56. The summed E-state index contributed by atoms with van der Waals surface area (Å²) in [5.74, 6) is 0.780. The molecule has 1 saturated heterocycles.